The molecule has 0 fully saturated rings. The van der Waals surface area contributed by atoms with E-state index in [9.17, 15) is 9.18 Å². The number of hydrogen-bond donors (Lipinski definition) is 1. The Balaban J connectivity index is 1.61. The Hall–Kier alpha value is -4.06. The van der Waals surface area contributed by atoms with Crippen molar-refractivity contribution in [1.29, 1.82) is 0 Å². The summed E-state index contributed by atoms with van der Waals surface area (Å²) >= 11 is 0. The second-order valence-electron chi connectivity index (χ2n) is 7.33. The first-order valence-corrected chi connectivity index (χ1v) is 10.4. The predicted octanol–water partition coefficient (Wildman–Crippen LogP) is 5.10. The van der Waals surface area contributed by atoms with Crippen LogP contribution in [0.25, 0.3) is 11.3 Å². The first-order valence-electron chi connectivity index (χ1n) is 10.4. The van der Waals surface area contributed by atoms with Crippen LogP contribution in [-0.4, -0.2) is 22.9 Å². The van der Waals surface area contributed by atoms with Crippen LogP contribution in [0.3, 0.4) is 0 Å². The van der Waals surface area contributed by atoms with Crippen molar-refractivity contribution < 1.29 is 9.18 Å². The van der Waals surface area contributed by atoms with Gasteiger partial charge in [-0.1, -0.05) is 48.5 Å². The highest BCUT2D eigenvalue weighted by atomic mass is 19.1. The zero-order valence-electron chi connectivity index (χ0n) is 17.5. The number of hydrogen-bond acceptors (Lipinski definition) is 4. The van der Waals surface area contributed by atoms with Gasteiger partial charge in [0.25, 0.3) is 0 Å². The largest absolute Gasteiger partial charge is 0.368 e. The Morgan fingerprint density at radius 2 is 1.78 bits per heavy atom. The van der Waals surface area contributed by atoms with Gasteiger partial charge in [-0.25, -0.2) is 9.37 Å². The third kappa shape index (κ3) is 5.35. The van der Waals surface area contributed by atoms with Crippen molar-refractivity contribution in [3.63, 3.8) is 0 Å². The van der Waals surface area contributed by atoms with Crippen LogP contribution in [0.2, 0.25) is 0 Å². The minimum absolute atomic E-state index is 0.254. The molecule has 0 spiro atoms. The Bertz CT molecular complexity index is 1170. The molecule has 0 saturated carbocycles. The van der Waals surface area contributed by atoms with Crippen molar-refractivity contribution in [1.82, 2.24) is 9.97 Å². The molecule has 1 N–H and O–H groups in total. The number of halogens is 1. The molecule has 0 atom stereocenters. The van der Waals surface area contributed by atoms with Gasteiger partial charge in [-0.2, -0.15) is 0 Å². The van der Waals surface area contributed by atoms with Crippen LogP contribution in [0.1, 0.15) is 11.1 Å². The van der Waals surface area contributed by atoms with E-state index < -0.39 is 0 Å². The molecule has 0 aliphatic heterocycles. The van der Waals surface area contributed by atoms with Crippen LogP contribution in [0.5, 0.6) is 0 Å². The van der Waals surface area contributed by atoms with Gasteiger partial charge < -0.3 is 10.2 Å². The topological polar surface area (TPSA) is 58.1 Å². The molecule has 0 radical (unpaired) electrons. The van der Waals surface area contributed by atoms with Gasteiger partial charge in [0.05, 0.1) is 17.9 Å². The van der Waals surface area contributed by atoms with Crippen LogP contribution in [-0.2, 0) is 17.8 Å². The van der Waals surface area contributed by atoms with Crippen LogP contribution >= 0.6 is 0 Å². The van der Waals surface area contributed by atoms with Crippen molar-refractivity contribution in [2.45, 2.75) is 13.0 Å². The molecule has 0 unspecified atom stereocenters. The lowest BCUT2D eigenvalue weighted by atomic mass is 10.1. The molecule has 1 amide bonds. The Labute approximate surface area is 186 Å². The number of pyridine rings is 2. The number of amides is 1. The van der Waals surface area contributed by atoms with E-state index in [4.69, 9.17) is 4.98 Å². The smallest absolute Gasteiger partial charge is 0.214 e. The third-order valence-electron chi connectivity index (χ3n) is 5.05. The summed E-state index contributed by atoms with van der Waals surface area (Å²) < 4.78 is 13.5. The molecule has 5 nitrogen and oxygen atoms in total. The molecule has 4 rings (SSSR count). The van der Waals surface area contributed by atoms with Crippen LogP contribution in [0.15, 0.2) is 91.3 Å². The minimum atomic E-state index is -0.254. The summed E-state index contributed by atoms with van der Waals surface area (Å²) in [5.74, 6) is 0.342. The van der Waals surface area contributed by atoms with Gasteiger partial charge in [-0.3, -0.25) is 9.78 Å². The number of nitrogens with zero attached hydrogens (tertiary/aromatic N) is 3. The number of anilines is 2. The van der Waals surface area contributed by atoms with Gasteiger partial charge in [-0.15, -0.1) is 0 Å². The van der Waals surface area contributed by atoms with E-state index in [1.807, 2.05) is 60.7 Å². The van der Waals surface area contributed by atoms with Crippen LogP contribution < -0.4 is 10.2 Å². The van der Waals surface area contributed by atoms with E-state index >= 15 is 0 Å². The van der Waals surface area contributed by atoms with Crippen molar-refractivity contribution in [3.05, 3.63) is 108 Å². The van der Waals surface area contributed by atoms with Gasteiger partial charge in [0.1, 0.15) is 5.82 Å². The second-order valence-corrected chi connectivity index (χ2v) is 7.33. The van der Waals surface area contributed by atoms with Crippen molar-refractivity contribution >= 4 is 17.9 Å². The molecule has 0 aliphatic rings. The molecule has 0 saturated heterocycles. The minimum Gasteiger partial charge on any atom is -0.368 e. The van der Waals surface area contributed by atoms with E-state index in [1.54, 1.807) is 23.4 Å². The van der Waals surface area contributed by atoms with E-state index in [0.717, 1.165) is 28.8 Å². The average Bonchev–Trinajstić information content (AvgIpc) is 2.84. The lowest BCUT2D eigenvalue weighted by molar-refractivity contribution is -0.107. The highest BCUT2D eigenvalue weighted by Gasteiger charge is 2.14. The Kier molecular flexibility index (Phi) is 6.82. The fourth-order valence-electron chi connectivity index (χ4n) is 3.47. The van der Waals surface area contributed by atoms with E-state index in [-0.39, 0.29) is 5.82 Å². The summed E-state index contributed by atoms with van der Waals surface area (Å²) in [4.78, 5) is 22.5. The van der Waals surface area contributed by atoms with Crippen LogP contribution in [0.4, 0.5) is 15.9 Å². The summed E-state index contributed by atoms with van der Waals surface area (Å²) in [5, 5.41) is 3.34. The monoisotopic (exact) mass is 426 g/mol. The Morgan fingerprint density at radius 3 is 2.53 bits per heavy atom. The van der Waals surface area contributed by atoms with E-state index in [1.165, 1.54) is 12.1 Å². The molecular weight excluding hydrogens is 403 g/mol. The maximum absolute atomic E-state index is 13.5. The molecule has 2 aromatic heterocycles. The van der Waals surface area contributed by atoms with Gasteiger partial charge in [0, 0.05) is 24.5 Å². The number of benzene rings is 2. The SMILES string of the molecule is O=CN(Cc1cccnc1)c1ccc(-c2ccccc2)nc1NCCc1cccc(F)c1. The van der Waals surface area contributed by atoms with Crippen molar-refractivity contribution in [2.24, 2.45) is 0 Å². The predicted molar refractivity (Wildman–Crippen MR) is 125 cm³/mol. The summed E-state index contributed by atoms with van der Waals surface area (Å²) in [6, 6.07) is 24.0. The van der Waals surface area contributed by atoms with Crippen LogP contribution in [0, 0.1) is 5.82 Å². The Morgan fingerprint density at radius 1 is 0.938 bits per heavy atom. The first-order chi connectivity index (χ1) is 15.7. The molecule has 160 valence electrons. The normalized spacial score (nSPS) is 10.5. The molecule has 2 aromatic carbocycles. The van der Waals surface area contributed by atoms with Gasteiger partial charge in [0.15, 0.2) is 5.82 Å². The summed E-state index contributed by atoms with van der Waals surface area (Å²) in [6.07, 6.45) is 4.85. The maximum atomic E-state index is 13.5. The third-order valence-corrected chi connectivity index (χ3v) is 5.05. The average molecular weight is 426 g/mol. The molecule has 0 bridgehead atoms. The molecule has 2 heterocycles. The van der Waals surface area contributed by atoms with Gasteiger partial charge >= 0.3 is 0 Å². The number of carbonyl (C=O) groups excluding carboxylic acids is 1. The summed E-state index contributed by atoms with van der Waals surface area (Å²) in [7, 11) is 0. The second kappa shape index (κ2) is 10.3. The lowest BCUT2D eigenvalue weighted by Gasteiger charge is -2.21. The number of carbonyl (C=O) groups is 1. The maximum Gasteiger partial charge on any atom is 0.214 e. The zero-order chi connectivity index (χ0) is 22.2. The summed E-state index contributed by atoms with van der Waals surface area (Å²) in [5.41, 5.74) is 4.26. The van der Waals surface area contributed by atoms with Gasteiger partial charge in [-0.05, 0) is 47.9 Å². The van der Waals surface area contributed by atoms with E-state index in [0.29, 0.717) is 31.0 Å². The van der Waals surface area contributed by atoms with Crippen molar-refractivity contribution in [2.75, 3.05) is 16.8 Å². The molecule has 6 heteroatoms. The molecule has 0 aliphatic carbocycles. The highest BCUT2D eigenvalue weighted by molar-refractivity contribution is 5.83. The zero-order valence-corrected chi connectivity index (χ0v) is 17.5. The van der Waals surface area contributed by atoms with E-state index in [2.05, 4.69) is 10.3 Å². The number of nitrogens with one attached hydrogen (secondary N) is 1. The fourth-order valence-corrected chi connectivity index (χ4v) is 3.47. The standard InChI is InChI=1S/C26H23FN4O/c27-23-10-4-6-20(16-23)13-15-29-26-25(31(19-32)18-21-7-5-14-28-17-21)12-11-24(30-26)22-8-2-1-3-9-22/h1-12,14,16-17,19H,13,15,18H2,(H,29,30). The van der Waals surface area contributed by atoms with Crippen molar-refractivity contribution in [3.8, 4) is 11.3 Å². The fraction of sp³-hybridized carbons (Fsp3) is 0.115. The lowest BCUT2D eigenvalue weighted by Crippen LogP contribution is -2.23. The first kappa shape index (κ1) is 21.2. The number of rotatable bonds is 9. The highest BCUT2D eigenvalue weighted by Crippen LogP contribution is 2.29. The molecule has 32 heavy (non-hydrogen) atoms. The molecular formula is C26H23FN4O. The summed E-state index contributed by atoms with van der Waals surface area (Å²) in [6.45, 7) is 0.920. The number of aromatic nitrogens is 2. The van der Waals surface area contributed by atoms with Gasteiger partial charge in [0.2, 0.25) is 6.41 Å². The molecule has 4 aromatic rings. The quantitative estimate of drug-likeness (QED) is 0.378.